The molecule has 2 aromatic carbocycles. The summed E-state index contributed by atoms with van der Waals surface area (Å²) >= 11 is 0. The number of likely N-dealkylation sites (tertiary alicyclic amines) is 1. The molecule has 0 spiro atoms. The van der Waals surface area contributed by atoms with Gasteiger partial charge in [-0.3, -0.25) is 4.79 Å². The standard InChI is InChI=1S/C25H31N5O2/c1-3-30-21-14-7-6-13-20(21)23(29-15-8-4-5-9-16-29)27-22(24(30)31)28-25(32)26-19-12-10-11-18(2)17-19/h6-7,10-14,17,22H,3-5,8-9,15-16H2,1-2H3,(H2,26,28,32). The first-order valence-electron chi connectivity index (χ1n) is 11.4. The summed E-state index contributed by atoms with van der Waals surface area (Å²) in [4.78, 5) is 35.0. The second kappa shape index (κ2) is 9.85. The Morgan fingerprint density at radius 3 is 2.53 bits per heavy atom. The van der Waals surface area contributed by atoms with Crippen LogP contribution in [0.5, 0.6) is 0 Å². The van der Waals surface area contributed by atoms with Crippen LogP contribution in [-0.4, -0.2) is 48.5 Å². The molecule has 1 unspecified atom stereocenters. The number of aryl methyl sites for hydroxylation is 1. The first-order chi connectivity index (χ1) is 15.6. The van der Waals surface area contributed by atoms with E-state index in [1.54, 1.807) is 4.90 Å². The molecule has 0 aliphatic carbocycles. The normalized spacial score (nSPS) is 18.9. The smallest absolute Gasteiger partial charge is 0.321 e. The minimum atomic E-state index is -0.995. The summed E-state index contributed by atoms with van der Waals surface area (Å²) in [6.45, 7) is 6.20. The van der Waals surface area contributed by atoms with Crippen molar-refractivity contribution in [2.24, 2.45) is 4.99 Å². The van der Waals surface area contributed by atoms with E-state index in [1.807, 2.05) is 62.4 Å². The highest BCUT2D eigenvalue weighted by Crippen LogP contribution is 2.28. The maximum Gasteiger partial charge on any atom is 0.321 e. The number of fused-ring (bicyclic) bond motifs is 1. The van der Waals surface area contributed by atoms with E-state index in [2.05, 4.69) is 15.5 Å². The number of hydrogen-bond acceptors (Lipinski definition) is 4. The van der Waals surface area contributed by atoms with Crippen LogP contribution in [0.25, 0.3) is 0 Å². The zero-order valence-electron chi connectivity index (χ0n) is 18.8. The number of carbonyl (C=O) groups is 2. The van der Waals surface area contributed by atoms with Crippen LogP contribution in [0.3, 0.4) is 0 Å². The van der Waals surface area contributed by atoms with E-state index in [4.69, 9.17) is 4.99 Å². The fourth-order valence-corrected chi connectivity index (χ4v) is 4.38. The number of benzene rings is 2. The Kier molecular flexibility index (Phi) is 6.73. The van der Waals surface area contributed by atoms with Crippen LogP contribution in [0.15, 0.2) is 53.5 Å². The summed E-state index contributed by atoms with van der Waals surface area (Å²) < 4.78 is 0. The fraction of sp³-hybridized carbons (Fsp3) is 0.400. The number of nitrogens with zero attached hydrogens (tertiary/aromatic N) is 3. The third-order valence-corrected chi connectivity index (χ3v) is 5.95. The molecule has 168 valence electrons. The van der Waals surface area contributed by atoms with Crippen molar-refractivity contribution in [3.63, 3.8) is 0 Å². The molecule has 1 fully saturated rings. The number of aliphatic imine (C=N–C) groups is 1. The van der Waals surface area contributed by atoms with Gasteiger partial charge in [-0.05, 0) is 56.5 Å². The van der Waals surface area contributed by atoms with Crippen molar-refractivity contribution < 1.29 is 9.59 Å². The van der Waals surface area contributed by atoms with E-state index in [-0.39, 0.29) is 5.91 Å². The van der Waals surface area contributed by atoms with Crippen LogP contribution < -0.4 is 15.5 Å². The first kappa shape index (κ1) is 21.9. The van der Waals surface area contributed by atoms with Gasteiger partial charge in [0.2, 0.25) is 6.17 Å². The molecule has 0 aromatic heterocycles. The topological polar surface area (TPSA) is 77.0 Å². The average molecular weight is 434 g/mol. The van der Waals surface area contributed by atoms with Gasteiger partial charge < -0.3 is 20.4 Å². The number of amides is 3. The lowest BCUT2D eigenvalue weighted by Crippen LogP contribution is -2.48. The Morgan fingerprint density at radius 1 is 1.06 bits per heavy atom. The SMILES string of the molecule is CCN1C(=O)C(NC(=O)Nc2cccc(C)c2)N=C(N2CCCCCC2)c2ccccc21. The Labute approximate surface area is 189 Å². The molecule has 32 heavy (non-hydrogen) atoms. The predicted octanol–water partition coefficient (Wildman–Crippen LogP) is 4.13. The van der Waals surface area contributed by atoms with E-state index in [9.17, 15) is 9.59 Å². The number of anilines is 2. The number of rotatable bonds is 3. The van der Waals surface area contributed by atoms with Crippen molar-refractivity contribution in [2.45, 2.75) is 45.7 Å². The molecule has 2 N–H and O–H groups in total. The van der Waals surface area contributed by atoms with Crippen molar-refractivity contribution in [3.05, 3.63) is 59.7 Å². The Bertz CT molecular complexity index is 1010. The molecule has 2 aliphatic heterocycles. The Hall–Kier alpha value is -3.35. The largest absolute Gasteiger partial charge is 0.356 e. The van der Waals surface area contributed by atoms with Gasteiger partial charge in [0, 0.05) is 30.9 Å². The molecular weight excluding hydrogens is 402 g/mol. The van der Waals surface area contributed by atoms with Crippen molar-refractivity contribution in [1.29, 1.82) is 0 Å². The quantitative estimate of drug-likeness (QED) is 0.764. The molecule has 2 heterocycles. The molecule has 1 atom stereocenters. The van der Waals surface area contributed by atoms with Gasteiger partial charge in [-0.25, -0.2) is 9.79 Å². The van der Waals surface area contributed by atoms with Crippen LogP contribution >= 0.6 is 0 Å². The molecular formula is C25H31N5O2. The van der Waals surface area contributed by atoms with Crippen LogP contribution in [0.1, 0.15) is 43.7 Å². The highest BCUT2D eigenvalue weighted by molar-refractivity contribution is 6.12. The summed E-state index contributed by atoms with van der Waals surface area (Å²) in [6, 6.07) is 15.0. The van der Waals surface area contributed by atoms with Gasteiger partial charge in [-0.15, -0.1) is 0 Å². The van der Waals surface area contributed by atoms with E-state index in [1.165, 1.54) is 12.8 Å². The summed E-state index contributed by atoms with van der Waals surface area (Å²) in [7, 11) is 0. The molecule has 0 saturated carbocycles. The third-order valence-electron chi connectivity index (χ3n) is 5.95. The third kappa shape index (κ3) is 4.77. The van der Waals surface area contributed by atoms with Gasteiger partial charge in [0.15, 0.2) is 0 Å². The summed E-state index contributed by atoms with van der Waals surface area (Å²) in [5.41, 5.74) is 3.50. The maximum absolute atomic E-state index is 13.4. The van der Waals surface area contributed by atoms with E-state index >= 15 is 0 Å². The number of nitrogens with one attached hydrogen (secondary N) is 2. The number of para-hydroxylation sites is 1. The summed E-state index contributed by atoms with van der Waals surface area (Å²) in [5, 5.41) is 5.63. The van der Waals surface area contributed by atoms with Crippen molar-refractivity contribution in [2.75, 3.05) is 29.9 Å². The Morgan fingerprint density at radius 2 is 1.81 bits per heavy atom. The summed E-state index contributed by atoms with van der Waals surface area (Å²) in [5.74, 6) is 0.553. The monoisotopic (exact) mass is 433 g/mol. The van der Waals surface area contributed by atoms with Crippen molar-refractivity contribution in [1.82, 2.24) is 10.2 Å². The second-order valence-corrected chi connectivity index (χ2v) is 8.32. The van der Waals surface area contributed by atoms with Gasteiger partial charge >= 0.3 is 6.03 Å². The molecule has 7 heteroatoms. The van der Waals surface area contributed by atoms with Crippen LogP contribution in [0.4, 0.5) is 16.2 Å². The second-order valence-electron chi connectivity index (χ2n) is 8.32. The van der Waals surface area contributed by atoms with Crippen molar-refractivity contribution >= 4 is 29.1 Å². The van der Waals surface area contributed by atoms with Gasteiger partial charge in [0.1, 0.15) is 5.84 Å². The van der Waals surface area contributed by atoms with Crippen LogP contribution in [0.2, 0.25) is 0 Å². The zero-order valence-corrected chi connectivity index (χ0v) is 18.8. The molecule has 2 aliphatic rings. The number of hydrogen-bond donors (Lipinski definition) is 2. The number of benzodiazepines with no additional fused rings is 1. The van der Waals surface area contributed by atoms with Gasteiger partial charge in [-0.2, -0.15) is 0 Å². The minimum Gasteiger partial charge on any atom is -0.356 e. The number of carbonyl (C=O) groups excluding carboxylic acids is 2. The first-order valence-corrected chi connectivity index (χ1v) is 11.4. The van der Waals surface area contributed by atoms with Crippen LogP contribution in [-0.2, 0) is 4.79 Å². The minimum absolute atomic E-state index is 0.232. The van der Waals surface area contributed by atoms with Gasteiger partial charge in [0.25, 0.3) is 5.91 Å². The zero-order chi connectivity index (χ0) is 22.5. The number of urea groups is 1. The number of amidine groups is 1. The Balaban J connectivity index is 1.66. The molecule has 2 aromatic rings. The highest BCUT2D eigenvalue weighted by atomic mass is 16.2. The lowest BCUT2D eigenvalue weighted by Gasteiger charge is -2.26. The molecule has 0 radical (unpaired) electrons. The molecule has 7 nitrogen and oxygen atoms in total. The van der Waals surface area contributed by atoms with E-state index < -0.39 is 12.2 Å². The van der Waals surface area contributed by atoms with Crippen LogP contribution in [0, 0.1) is 6.92 Å². The predicted molar refractivity (Wildman–Crippen MR) is 128 cm³/mol. The van der Waals surface area contributed by atoms with Crippen molar-refractivity contribution in [3.8, 4) is 0 Å². The average Bonchev–Trinajstić information content (AvgIpc) is 3.11. The molecule has 4 rings (SSSR count). The fourth-order valence-electron chi connectivity index (χ4n) is 4.38. The van der Waals surface area contributed by atoms with E-state index in [0.717, 1.165) is 48.6 Å². The molecule has 0 bridgehead atoms. The lowest BCUT2D eigenvalue weighted by atomic mass is 10.1. The number of likely N-dealkylation sites (N-methyl/N-ethyl adjacent to an activating group) is 1. The molecule has 1 saturated heterocycles. The molecule has 3 amide bonds. The lowest BCUT2D eigenvalue weighted by molar-refractivity contribution is -0.120. The van der Waals surface area contributed by atoms with E-state index in [0.29, 0.717) is 12.2 Å². The van der Waals surface area contributed by atoms with Gasteiger partial charge in [0.05, 0.1) is 5.69 Å². The summed E-state index contributed by atoms with van der Waals surface area (Å²) in [6.07, 6.45) is 3.60. The highest BCUT2D eigenvalue weighted by Gasteiger charge is 2.33. The van der Waals surface area contributed by atoms with Gasteiger partial charge in [-0.1, -0.05) is 37.1 Å². The maximum atomic E-state index is 13.4.